The first-order valence-corrected chi connectivity index (χ1v) is 8.31. The first kappa shape index (κ1) is 15.6. The summed E-state index contributed by atoms with van der Waals surface area (Å²) in [5.41, 5.74) is 0. The van der Waals surface area contributed by atoms with Crippen molar-refractivity contribution in [1.82, 2.24) is 29.5 Å². The second kappa shape index (κ2) is 6.78. The van der Waals surface area contributed by atoms with Gasteiger partial charge in [-0.25, -0.2) is 17.8 Å². The quantitative estimate of drug-likeness (QED) is 0.689. The SMILES string of the molecule is CS(=O)(=O)NCCCNc1nc(Cl)nc(-n2cccn2)n1. The highest BCUT2D eigenvalue weighted by molar-refractivity contribution is 7.88. The van der Waals surface area contributed by atoms with E-state index in [0.717, 1.165) is 6.26 Å². The van der Waals surface area contributed by atoms with Gasteiger partial charge in [-0.15, -0.1) is 0 Å². The first-order chi connectivity index (χ1) is 9.94. The zero-order valence-electron chi connectivity index (χ0n) is 11.2. The van der Waals surface area contributed by atoms with Gasteiger partial charge in [-0.1, -0.05) is 0 Å². The van der Waals surface area contributed by atoms with Gasteiger partial charge in [0.15, 0.2) is 0 Å². The summed E-state index contributed by atoms with van der Waals surface area (Å²) < 4.78 is 25.6. The molecular weight excluding hydrogens is 318 g/mol. The molecule has 21 heavy (non-hydrogen) atoms. The van der Waals surface area contributed by atoms with Crippen LogP contribution in [-0.4, -0.2) is 52.5 Å². The Morgan fingerprint density at radius 3 is 2.76 bits per heavy atom. The zero-order chi connectivity index (χ0) is 15.3. The maximum Gasteiger partial charge on any atom is 0.256 e. The molecule has 0 unspecified atom stereocenters. The minimum atomic E-state index is -3.16. The topological polar surface area (TPSA) is 115 Å². The van der Waals surface area contributed by atoms with E-state index in [4.69, 9.17) is 11.6 Å². The van der Waals surface area contributed by atoms with E-state index in [1.165, 1.54) is 4.68 Å². The number of hydrogen-bond acceptors (Lipinski definition) is 7. The standard InChI is InChI=1S/C10H14ClN7O2S/c1-21(19,20)14-6-2-4-12-9-15-8(11)16-10(17-9)18-7-3-5-13-18/h3,5,7,14H,2,4,6H2,1H3,(H,12,15,16,17). The number of rotatable bonds is 7. The molecule has 0 spiro atoms. The van der Waals surface area contributed by atoms with Crippen LogP contribution in [0.3, 0.4) is 0 Å². The predicted molar refractivity (Wildman–Crippen MR) is 77.9 cm³/mol. The smallest absolute Gasteiger partial charge is 0.256 e. The minimum absolute atomic E-state index is 0.0484. The highest BCUT2D eigenvalue weighted by Gasteiger charge is 2.07. The fourth-order valence-electron chi connectivity index (χ4n) is 1.45. The highest BCUT2D eigenvalue weighted by atomic mass is 35.5. The van der Waals surface area contributed by atoms with Crippen LogP contribution in [-0.2, 0) is 10.0 Å². The van der Waals surface area contributed by atoms with Crippen molar-refractivity contribution >= 4 is 27.6 Å². The highest BCUT2D eigenvalue weighted by Crippen LogP contribution is 2.08. The van der Waals surface area contributed by atoms with E-state index in [9.17, 15) is 8.42 Å². The van der Waals surface area contributed by atoms with Crippen molar-refractivity contribution in [2.45, 2.75) is 6.42 Å². The molecule has 0 radical (unpaired) electrons. The largest absolute Gasteiger partial charge is 0.354 e. The van der Waals surface area contributed by atoms with Crippen LogP contribution in [0.1, 0.15) is 6.42 Å². The van der Waals surface area contributed by atoms with E-state index in [0.29, 0.717) is 31.4 Å². The first-order valence-electron chi connectivity index (χ1n) is 6.04. The molecule has 0 aromatic carbocycles. The molecule has 9 nitrogen and oxygen atoms in total. The summed E-state index contributed by atoms with van der Waals surface area (Å²) >= 11 is 5.83. The molecule has 2 N–H and O–H groups in total. The summed E-state index contributed by atoms with van der Waals surface area (Å²) in [6.07, 6.45) is 4.98. The van der Waals surface area contributed by atoms with Gasteiger partial charge in [0, 0.05) is 25.5 Å². The van der Waals surface area contributed by atoms with Gasteiger partial charge in [0.25, 0.3) is 5.95 Å². The van der Waals surface area contributed by atoms with E-state index in [-0.39, 0.29) is 5.28 Å². The lowest BCUT2D eigenvalue weighted by Crippen LogP contribution is -2.24. The third kappa shape index (κ3) is 5.25. The molecule has 2 heterocycles. The summed E-state index contributed by atoms with van der Waals surface area (Å²) in [5.74, 6) is 0.608. The van der Waals surface area contributed by atoms with Gasteiger partial charge >= 0.3 is 0 Å². The fourth-order valence-corrected chi connectivity index (χ4v) is 2.13. The summed E-state index contributed by atoms with van der Waals surface area (Å²) in [7, 11) is -3.16. The number of nitrogens with zero attached hydrogens (tertiary/aromatic N) is 5. The Morgan fingerprint density at radius 2 is 2.10 bits per heavy atom. The van der Waals surface area contributed by atoms with Crippen LogP contribution in [0, 0.1) is 0 Å². The van der Waals surface area contributed by atoms with Crippen molar-refractivity contribution in [3.63, 3.8) is 0 Å². The van der Waals surface area contributed by atoms with Crippen molar-refractivity contribution in [2.75, 3.05) is 24.7 Å². The van der Waals surface area contributed by atoms with Gasteiger partial charge in [-0.3, -0.25) is 0 Å². The lowest BCUT2D eigenvalue weighted by atomic mass is 10.4. The van der Waals surface area contributed by atoms with Crippen LogP contribution in [0.4, 0.5) is 5.95 Å². The molecule has 11 heteroatoms. The molecule has 2 aromatic heterocycles. The molecule has 0 saturated heterocycles. The van der Waals surface area contributed by atoms with Gasteiger partial charge in [-0.2, -0.15) is 20.1 Å². The minimum Gasteiger partial charge on any atom is -0.354 e. The van der Waals surface area contributed by atoms with Crippen LogP contribution >= 0.6 is 11.6 Å². The van der Waals surface area contributed by atoms with Gasteiger partial charge < -0.3 is 5.32 Å². The van der Waals surface area contributed by atoms with Crippen molar-refractivity contribution in [3.05, 3.63) is 23.7 Å². The maximum absolute atomic E-state index is 10.9. The van der Waals surface area contributed by atoms with Crippen molar-refractivity contribution in [1.29, 1.82) is 0 Å². The summed E-state index contributed by atoms with van der Waals surface area (Å²) in [4.78, 5) is 12.1. The molecule has 2 aromatic rings. The molecule has 0 aliphatic rings. The van der Waals surface area contributed by atoms with Crippen LogP contribution in [0.2, 0.25) is 5.28 Å². The number of hydrogen-bond donors (Lipinski definition) is 2. The molecule has 114 valence electrons. The molecule has 0 aliphatic heterocycles. The Kier molecular flexibility index (Phi) is 5.04. The number of sulfonamides is 1. The second-order valence-corrected chi connectivity index (χ2v) is 6.30. The van der Waals surface area contributed by atoms with Crippen LogP contribution < -0.4 is 10.0 Å². The number of nitrogens with one attached hydrogen (secondary N) is 2. The molecule has 0 saturated carbocycles. The predicted octanol–water partition coefficient (Wildman–Crippen LogP) is 0.0619. The monoisotopic (exact) mass is 331 g/mol. The van der Waals surface area contributed by atoms with E-state index < -0.39 is 10.0 Å². The van der Waals surface area contributed by atoms with Gasteiger partial charge in [0.2, 0.25) is 21.3 Å². The number of aromatic nitrogens is 5. The maximum atomic E-state index is 10.9. The van der Waals surface area contributed by atoms with Crippen LogP contribution in [0.25, 0.3) is 5.95 Å². The van der Waals surface area contributed by atoms with E-state index in [2.05, 4.69) is 30.1 Å². The van der Waals surface area contributed by atoms with Crippen LogP contribution in [0.5, 0.6) is 0 Å². The van der Waals surface area contributed by atoms with Crippen molar-refractivity contribution in [2.24, 2.45) is 0 Å². The van der Waals surface area contributed by atoms with Crippen molar-refractivity contribution in [3.8, 4) is 5.95 Å². The molecule has 0 amide bonds. The Hall–Kier alpha value is -1.78. The van der Waals surface area contributed by atoms with E-state index in [1.807, 2.05) is 0 Å². The molecule has 0 atom stereocenters. The van der Waals surface area contributed by atoms with Crippen molar-refractivity contribution < 1.29 is 8.42 Å². The summed E-state index contributed by atoms with van der Waals surface area (Å²) in [5, 5.41) is 7.01. The molecule has 0 fully saturated rings. The van der Waals surface area contributed by atoms with E-state index >= 15 is 0 Å². The Labute approximate surface area is 126 Å². The lowest BCUT2D eigenvalue weighted by molar-refractivity contribution is 0.586. The molecule has 2 rings (SSSR count). The van der Waals surface area contributed by atoms with Crippen LogP contribution in [0.15, 0.2) is 18.5 Å². The van der Waals surface area contributed by atoms with Gasteiger partial charge in [0.05, 0.1) is 6.26 Å². The van der Waals surface area contributed by atoms with Gasteiger partial charge in [0.1, 0.15) is 0 Å². The summed E-state index contributed by atoms with van der Waals surface area (Å²) in [6.45, 7) is 0.818. The third-order valence-corrected chi connectivity index (χ3v) is 3.20. The molecule has 0 aliphatic carbocycles. The third-order valence-electron chi connectivity index (χ3n) is 2.31. The Bertz CT molecular complexity index is 689. The Balaban J connectivity index is 1.92. The second-order valence-electron chi connectivity index (χ2n) is 4.13. The van der Waals surface area contributed by atoms with Gasteiger partial charge in [-0.05, 0) is 24.1 Å². The lowest BCUT2D eigenvalue weighted by Gasteiger charge is -2.07. The molecular formula is C10H14ClN7O2S. The molecule has 0 bridgehead atoms. The zero-order valence-corrected chi connectivity index (χ0v) is 12.8. The number of halogens is 1. The number of anilines is 1. The normalized spacial score (nSPS) is 11.5. The fraction of sp³-hybridized carbons (Fsp3) is 0.400. The Morgan fingerprint density at radius 1 is 1.29 bits per heavy atom. The average molecular weight is 332 g/mol. The van der Waals surface area contributed by atoms with E-state index in [1.54, 1.807) is 18.5 Å². The summed E-state index contributed by atoms with van der Waals surface area (Å²) in [6, 6.07) is 1.74. The average Bonchev–Trinajstić information content (AvgIpc) is 2.90.